The van der Waals surface area contributed by atoms with Gasteiger partial charge in [-0.2, -0.15) is 0 Å². The number of amides is 1. The second-order valence-electron chi connectivity index (χ2n) is 5.46. The lowest BCUT2D eigenvalue weighted by atomic mass is 9.80. The molecule has 0 aromatic heterocycles. The molecule has 1 amide bonds. The van der Waals surface area contributed by atoms with Crippen molar-refractivity contribution in [2.24, 2.45) is 0 Å². The van der Waals surface area contributed by atoms with Crippen molar-refractivity contribution in [2.45, 2.75) is 31.1 Å². The molecule has 1 spiro atoms. The molecule has 0 saturated heterocycles. The van der Waals surface area contributed by atoms with E-state index >= 15 is 0 Å². The van der Waals surface area contributed by atoms with Crippen LogP contribution >= 0.6 is 0 Å². The number of hydrogen-bond donors (Lipinski definition) is 1. The predicted octanol–water partition coefficient (Wildman–Crippen LogP) is 1.94. The van der Waals surface area contributed by atoms with Crippen LogP contribution in [0.4, 0.5) is 5.69 Å². The van der Waals surface area contributed by atoms with Crippen LogP contribution in [-0.4, -0.2) is 30.6 Å². The molecule has 0 bridgehead atoms. The van der Waals surface area contributed by atoms with Gasteiger partial charge in [-0.15, -0.1) is 0 Å². The number of ether oxygens (including phenoxy) is 1. The van der Waals surface area contributed by atoms with E-state index in [1.807, 2.05) is 6.07 Å². The molecule has 1 aromatic rings. The molecule has 1 N–H and O–H groups in total. The van der Waals surface area contributed by atoms with E-state index in [9.17, 15) is 9.59 Å². The van der Waals surface area contributed by atoms with Gasteiger partial charge in [-0.3, -0.25) is 9.59 Å². The van der Waals surface area contributed by atoms with Crippen molar-refractivity contribution < 1.29 is 19.4 Å². The van der Waals surface area contributed by atoms with Crippen LogP contribution in [0.5, 0.6) is 5.75 Å². The Hall–Kier alpha value is -2.04. The monoisotopic (exact) mass is 275 g/mol. The fraction of sp³-hybridized carbons (Fsp3) is 0.467. The van der Waals surface area contributed by atoms with Gasteiger partial charge in [0.15, 0.2) is 0 Å². The summed E-state index contributed by atoms with van der Waals surface area (Å²) in [6.45, 7) is -0.278. The first kappa shape index (κ1) is 13.0. The van der Waals surface area contributed by atoms with Gasteiger partial charge in [-0.25, -0.2) is 0 Å². The van der Waals surface area contributed by atoms with Crippen molar-refractivity contribution >= 4 is 17.6 Å². The van der Waals surface area contributed by atoms with Gasteiger partial charge < -0.3 is 14.7 Å². The third kappa shape index (κ3) is 1.69. The Bertz CT molecular complexity index is 575. The van der Waals surface area contributed by atoms with Crippen LogP contribution in [-0.2, 0) is 15.0 Å². The molecule has 1 aromatic carbocycles. The molecule has 2 aliphatic rings. The zero-order valence-corrected chi connectivity index (χ0v) is 11.4. The Labute approximate surface area is 117 Å². The van der Waals surface area contributed by atoms with Crippen LogP contribution in [0.3, 0.4) is 0 Å². The minimum Gasteiger partial charge on any atom is -0.497 e. The smallest absolute Gasteiger partial charge is 0.323 e. The number of anilines is 1. The first-order chi connectivity index (χ1) is 9.58. The number of aliphatic carboxylic acids is 1. The highest BCUT2D eigenvalue weighted by molar-refractivity contribution is 6.10. The predicted molar refractivity (Wildman–Crippen MR) is 73.1 cm³/mol. The van der Waals surface area contributed by atoms with Gasteiger partial charge in [0.1, 0.15) is 12.3 Å². The van der Waals surface area contributed by atoms with Crippen molar-refractivity contribution in [1.82, 2.24) is 0 Å². The third-order valence-corrected chi connectivity index (χ3v) is 4.42. The summed E-state index contributed by atoms with van der Waals surface area (Å²) in [6, 6.07) is 5.46. The summed E-state index contributed by atoms with van der Waals surface area (Å²) in [4.78, 5) is 25.2. The number of carboxylic acid groups (broad SMARTS) is 1. The zero-order valence-electron chi connectivity index (χ0n) is 11.4. The Morgan fingerprint density at radius 1 is 1.40 bits per heavy atom. The normalized spacial score (nSPS) is 19.4. The number of rotatable bonds is 3. The minimum atomic E-state index is -0.991. The molecule has 0 unspecified atom stereocenters. The molecule has 0 radical (unpaired) electrons. The van der Waals surface area contributed by atoms with Gasteiger partial charge in [0, 0.05) is 5.69 Å². The Kier molecular flexibility index (Phi) is 2.92. The lowest BCUT2D eigenvalue weighted by Gasteiger charge is -2.22. The van der Waals surface area contributed by atoms with Crippen LogP contribution in [0.25, 0.3) is 0 Å². The van der Waals surface area contributed by atoms with E-state index in [0.717, 1.165) is 36.9 Å². The second kappa shape index (κ2) is 4.51. The molecular formula is C15H17NO4. The van der Waals surface area contributed by atoms with E-state index in [2.05, 4.69) is 0 Å². The summed E-state index contributed by atoms with van der Waals surface area (Å²) in [7, 11) is 1.59. The second-order valence-corrected chi connectivity index (χ2v) is 5.46. The Balaban J connectivity index is 2.12. The van der Waals surface area contributed by atoms with E-state index < -0.39 is 11.4 Å². The van der Waals surface area contributed by atoms with Crippen molar-refractivity contribution in [3.63, 3.8) is 0 Å². The average Bonchev–Trinajstić information content (AvgIpc) is 3.00. The quantitative estimate of drug-likeness (QED) is 0.915. The number of hydrogen-bond acceptors (Lipinski definition) is 3. The maximum Gasteiger partial charge on any atom is 0.323 e. The van der Waals surface area contributed by atoms with Crippen molar-refractivity contribution in [1.29, 1.82) is 0 Å². The topological polar surface area (TPSA) is 66.8 Å². The fourth-order valence-corrected chi connectivity index (χ4v) is 3.50. The van der Waals surface area contributed by atoms with E-state index in [1.165, 1.54) is 4.90 Å². The Morgan fingerprint density at radius 3 is 2.70 bits per heavy atom. The molecule has 20 heavy (non-hydrogen) atoms. The van der Waals surface area contributed by atoms with E-state index in [-0.39, 0.29) is 12.5 Å². The number of carboxylic acids is 1. The molecule has 1 saturated carbocycles. The van der Waals surface area contributed by atoms with Gasteiger partial charge in [0.25, 0.3) is 0 Å². The number of fused-ring (bicyclic) bond motifs is 2. The van der Waals surface area contributed by atoms with Gasteiger partial charge in [-0.1, -0.05) is 12.8 Å². The first-order valence-electron chi connectivity index (χ1n) is 6.81. The van der Waals surface area contributed by atoms with Gasteiger partial charge in [0.05, 0.1) is 12.5 Å². The molecule has 106 valence electrons. The third-order valence-electron chi connectivity index (χ3n) is 4.42. The lowest BCUT2D eigenvalue weighted by molar-refractivity contribution is -0.137. The number of methoxy groups -OCH3 is 1. The summed E-state index contributed by atoms with van der Waals surface area (Å²) in [5.74, 6) is -0.351. The maximum atomic E-state index is 12.7. The van der Waals surface area contributed by atoms with Crippen LogP contribution in [0.15, 0.2) is 18.2 Å². The van der Waals surface area contributed by atoms with Crippen LogP contribution in [0.2, 0.25) is 0 Å². The van der Waals surface area contributed by atoms with Crippen molar-refractivity contribution in [3.05, 3.63) is 23.8 Å². The number of nitrogens with zero attached hydrogens (tertiary/aromatic N) is 1. The molecular weight excluding hydrogens is 258 g/mol. The average molecular weight is 275 g/mol. The van der Waals surface area contributed by atoms with E-state index in [1.54, 1.807) is 19.2 Å². The molecule has 1 fully saturated rings. The van der Waals surface area contributed by atoms with Gasteiger partial charge in [-0.05, 0) is 36.6 Å². The van der Waals surface area contributed by atoms with Crippen molar-refractivity contribution in [3.8, 4) is 5.75 Å². The summed E-state index contributed by atoms with van der Waals surface area (Å²) in [6.07, 6.45) is 3.59. The fourth-order valence-electron chi connectivity index (χ4n) is 3.50. The first-order valence-corrected chi connectivity index (χ1v) is 6.81. The van der Waals surface area contributed by atoms with Crippen molar-refractivity contribution in [2.75, 3.05) is 18.6 Å². The molecule has 3 rings (SSSR count). The maximum absolute atomic E-state index is 12.7. The lowest BCUT2D eigenvalue weighted by Crippen LogP contribution is -2.40. The van der Waals surface area contributed by atoms with E-state index in [0.29, 0.717) is 5.75 Å². The number of carbonyl (C=O) groups is 2. The summed E-state index contributed by atoms with van der Waals surface area (Å²) >= 11 is 0. The van der Waals surface area contributed by atoms with Gasteiger partial charge >= 0.3 is 5.97 Å². The molecule has 5 nitrogen and oxygen atoms in total. The zero-order chi connectivity index (χ0) is 14.3. The summed E-state index contributed by atoms with van der Waals surface area (Å²) in [5.41, 5.74) is 1.12. The molecule has 1 aliphatic heterocycles. The molecule has 5 heteroatoms. The standard InChI is InChI=1S/C15H17NO4/c1-20-10-4-5-12-11(8-10)15(6-2-3-7-15)14(19)16(12)9-13(17)18/h4-5,8H,2-3,6-7,9H2,1H3,(H,17,18). The van der Waals surface area contributed by atoms with Crippen LogP contribution < -0.4 is 9.64 Å². The summed E-state index contributed by atoms with van der Waals surface area (Å²) < 4.78 is 5.25. The SMILES string of the molecule is COc1ccc2c(c1)C1(CCCC1)C(=O)N2CC(=O)O. The molecule has 0 atom stereocenters. The van der Waals surface area contributed by atoms with Crippen LogP contribution in [0.1, 0.15) is 31.2 Å². The minimum absolute atomic E-state index is 0.0688. The number of benzene rings is 1. The highest BCUT2D eigenvalue weighted by Gasteiger charge is 2.52. The molecule has 1 heterocycles. The van der Waals surface area contributed by atoms with Gasteiger partial charge in [0.2, 0.25) is 5.91 Å². The molecule has 1 aliphatic carbocycles. The van der Waals surface area contributed by atoms with Crippen LogP contribution in [0, 0.1) is 0 Å². The summed E-state index contributed by atoms with van der Waals surface area (Å²) in [5, 5.41) is 9.03. The van der Waals surface area contributed by atoms with E-state index in [4.69, 9.17) is 9.84 Å². The Morgan fingerprint density at radius 2 is 2.10 bits per heavy atom. The highest BCUT2D eigenvalue weighted by Crippen LogP contribution is 2.52. The largest absolute Gasteiger partial charge is 0.497 e. The highest BCUT2D eigenvalue weighted by atomic mass is 16.5. The number of carbonyl (C=O) groups excluding carboxylic acids is 1.